The number of esters is 1. The molecular weight excluding hydrogens is 223 g/mol. The lowest BCUT2D eigenvalue weighted by molar-refractivity contribution is -0.154. The van der Waals surface area contributed by atoms with Gasteiger partial charge in [0.2, 0.25) is 6.29 Å². The summed E-state index contributed by atoms with van der Waals surface area (Å²) in [6.45, 7) is 5.69. The number of ether oxygens (including phenoxy) is 2. The van der Waals surface area contributed by atoms with Gasteiger partial charge in [-0.25, -0.2) is 9.18 Å². The summed E-state index contributed by atoms with van der Waals surface area (Å²) in [5.74, 6) is -0.987. The molecule has 1 aliphatic rings. The lowest BCUT2D eigenvalue weighted by Crippen LogP contribution is -2.27. The highest BCUT2D eigenvalue weighted by Crippen LogP contribution is 2.36. The second kappa shape index (κ2) is 4.11. The van der Waals surface area contributed by atoms with Gasteiger partial charge in [0, 0.05) is 11.0 Å². The maximum atomic E-state index is 13.6. The van der Waals surface area contributed by atoms with Crippen LogP contribution in [0.4, 0.5) is 4.39 Å². The van der Waals surface area contributed by atoms with E-state index in [-0.39, 0.29) is 11.0 Å². The van der Waals surface area contributed by atoms with E-state index in [0.717, 1.165) is 0 Å². The van der Waals surface area contributed by atoms with Gasteiger partial charge in [-0.1, -0.05) is 39.0 Å². The van der Waals surface area contributed by atoms with Gasteiger partial charge in [0.25, 0.3) is 0 Å². The van der Waals surface area contributed by atoms with E-state index in [1.807, 2.05) is 20.8 Å². The van der Waals surface area contributed by atoms with Gasteiger partial charge in [0.1, 0.15) is 5.82 Å². The zero-order chi connectivity index (χ0) is 12.6. The minimum absolute atomic E-state index is 0.226. The first kappa shape index (κ1) is 12.0. The summed E-state index contributed by atoms with van der Waals surface area (Å²) in [5.41, 5.74) is -0.0976. The molecule has 0 amide bonds. The van der Waals surface area contributed by atoms with E-state index in [9.17, 15) is 9.18 Å². The van der Waals surface area contributed by atoms with Crippen LogP contribution in [0.2, 0.25) is 0 Å². The Morgan fingerprint density at radius 1 is 1.24 bits per heavy atom. The summed E-state index contributed by atoms with van der Waals surface area (Å²) in [7, 11) is 0. The first-order chi connectivity index (χ1) is 7.89. The molecule has 0 unspecified atom stereocenters. The third-order valence-corrected chi connectivity index (χ3v) is 2.59. The molecular formula is C13H15FO3. The highest BCUT2D eigenvalue weighted by atomic mass is 19.1. The van der Waals surface area contributed by atoms with Crippen molar-refractivity contribution >= 4 is 5.97 Å². The molecule has 92 valence electrons. The van der Waals surface area contributed by atoms with E-state index in [1.165, 1.54) is 12.1 Å². The molecule has 1 aromatic rings. The number of carbonyl (C=O) groups excluding carboxylic acids is 1. The topological polar surface area (TPSA) is 35.5 Å². The molecule has 1 aromatic carbocycles. The third kappa shape index (κ3) is 2.31. The van der Waals surface area contributed by atoms with Crippen LogP contribution in [0.1, 0.15) is 32.4 Å². The molecule has 0 spiro atoms. The number of carbonyl (C=O) groups is 1. The Morgan fingerprint density at radius 3 is 2.41 bits per heavy atom. The lowest BCUT2D eigenvalue weighted by Gasteiger charge is -2.24. The standard InChI is InChI=1S/C13H15FO3/c1-13(2,3)12-16-10(11(15)17-12)8-6-4-5-7-9(8)14/h4-7,10,12H,1-3H3/t10-,12-/m1/s1. The van der Waals surface area contributed by atoms with E-state index in [2.05, 4.69) is 0 Å². The Morgan fingerprint density at radius 2 is 1.88 bits per heavy atom. The average Bonchev–Trinajstić information content (AvgIpc) is 2.61. The lowest BCUT2D eigenvalue weighted by atomic mass is 9.96. The SMILES string of the molecule is CC(C)(C)[C@H]1OC(=O)[C@@H](c2ccccc2F)O1. The molecule has 2 rings (SSSR count). The smallest absolute Gasteiger partial charge is 0.342 e. The molecule has 4 heteroatoms. The molecule has 17 heavy (non-hydrogen) atoms. The summed E-state index contributed by atoms with van der Waals surface area (Å²) in [4.78, 5) is 11.7. The third-order valence-electron chi connectivity index (χ3n) is 2.59. The summed E-state index contributed by atoms with van der Waals surface area (Å²) in [5, 5.41) is 0. The van der Waals surface area contributed by atoms with Crippen LogP contribution < -0.4 is 0 Å². The number of hydrogen-bond donors (Lipinski definition) is 0. The van der Waals surface area contributed by atoms with Gasteiger partial charge in [0.15, 0.2) is 6.10 Å². The van der Waals surface area contributed by atoms with Crippen LogP contribution in [0.5, 0.6) is 0 Å². The molecule has 1 fully saturated rings. The van der Waals surface area contributed by atoms with Crippen LogP contribution in [-0.2, 0) is 14.3 Å². The number of hydrogen-bond acceptors (Lipinski definition) is 3. The zero-order valence-electron chi connectivity index (χ0n) is 10.1. The Bertz CT molecular complexity index is 437. The van der Waals surface area contributed by atoms with Crippen molar-refractivity contribution in [2.45, 2.75) is 33.2 Å². The predicted molar refractivity (Wildman–Crippen MR) is 59.6 cm³/mol. The maximum Gasteiger partial charge on any atom is 0.342 e. The van der Waals surface area contributed by atoms with Crippen LogP contribution in [0.3, 0.4) is 0 Å². The molecule has 1 aliphatic heterocycles. The van der Waals surface area contributed by atoms with Gasteiger partial charge >= 0.3 is 5.97 Å². The second-order valence-electron chi connectivity index (χ2n) is 5.17. The first-order valence-electron chi connectivity index (χ1n) is 5.50. The molecule has 0 radical (unpaired) electrons. The van der Waals surface area contributed by atoms with Crippen LogP contribution in [0.25, 0.3) is 0 Å². The van der Waals surface area contributed by atoms with E-state index < -0.39 is 24.2 Å². The molecule has 1 heterocycles. The minimum atomic E-state index is -0.958. The molecule has 1 saturated heterocycles. The monoisotopic (exact) mass is 238 g/mol. The van der Waals surface area contributed by atoms with Gasteiger partial charge in [-0.15, -0.1) is 0 Å². The van der Waals surface area contributed by atoms with E-state index in [0.29, 0.717) is 0 Å². The average molecular weight is 238 g/mol. The molecule has 0 N–H and O–H groups in total. The van der Waals surface area contributed by atoms with Crippen LogP contribution >= 0.6 is 0 Å². The van der Waals surface area contributed by atoms with Crippen molar-refractivity contribution in [1.29, 1.82) is 0 Å². The largest absolute Gasteiger partial charge is 0.433 e. The van der Waals surface area contributed by atoms with Crippen molar-refractivity contribution in [3.8, 4) is 0 Å². The molecule has 0 aliphatic carbocycles. The summed E-state index contributed by atoms with van der Waals surface area (Å²) in [6, 6.07) is 6.07. The highest BCUT2D eigenvalue weighted by molar-refractivity contribution is 5.78. The summed E-state index contributed by atoms with van der Waals surface area (Å²) in [6.07, 6.45) is -1.60. The molecule has 2 atom stereocenters. The molecule has 0 saturated carbocycles. The summed E-state index contributed by atoms with van der Waals surface area (Å²) >= 11 is 0. The van der Waals surface area contributed by atoms with E-state index in [1.54, 1.807) is 12.1 Å². The predicted octanol–water partition coefficient (Wildman–Crippen LogP) is 2.81. The fraction of sp³-hybridized carbons (Fsp3) is 0.462. The number of benzene rings is 1. The molecule has 0 aromatic heterocycles. The van der Waals surface area contributed by atoms with E-state index in [4.69, 9.17) is 9.47 Å². The van der Waals surface area contributed by atoms with Crippen molar-refractivity contribution in [2.24, 2.45) is 5.41 Å². The highest BCUT2D eigenvalue weighted by Gasteiger charge is 2.43. The first-order valence-corrected chi connectivity index (χ1v) is 5.50. The Labute approximate surface area is 99.5 Å². The molecule has 3 nitrogen and oxygen atoms in total. The number of cyclic esters (lactones) is 1. The van der Waals surface area contributed by atoms with Crippen LogP contribution in [-0.4, -0.2) is 12.3 Å². The molecule has 0 bridgehead atoms. The van der Waals surface area contributed by atoms with Gasteiger partial charge in [-0.3, -0.25) is 0 Å². The number of halogens is 1. The van der Waals surface area contributed by atoms with E-state index >= 15 is 0 Å². The van der Waals surface area contributed by atoms with Crippen molar-refractivity contribution in [3.05, 3.63) is 35.6 Å². The van der Waals surface area contributed by atoms with Gasteiger partial charge < -0.3 is 9.47 Å². The Kier molecular flexibility index (Phi) is 2.91. The van der Waals surface area contributed by atoms with Crippen molar-refractivity contribution < 1.29 is 18.7 Å². The van der Waals surface area contributed by atoms with Crippen LogP contribution in [0.15, 0.2) is 24.3 Å². The fourth-order valence-corrected chi connectivity index (χ4v) is 1.64. The fourth-order valence-electron chi connectivity index (χ4n) is 1.64. The second-order valence-corrected chi connectivity index (χ2v) is 5.17. The number of rotatable bonds is 1. The van der Waals surface area contributed by atoms with Gasteiger partial charge in [-0.2, -0.15) is 0 Å². The van der Waals surface area contributed by atoms with Crippen molar-refractivity contribution in [1.82, 2.24) is 0 Å². The Hall–Kier alpha value is -1.42. The normalized spacial score (nSPS) is 24.8. The van der Waals surface area contributed by atoms with Crippen LogP contribution in [0, 0.1) is 11.2 Å². The van der Waals surface area contributed by atoms with Crippen molar-refractivity contribution in [2.75, 3.05) is 0 Å². The summed E-state index contributed by atoms with van der Waals surface area (Å²) < 4.78 is 24.2. The maximum absolute atomic E-state index is 13.6. The quantitative estimate of drug-likeness (QED) is 0.706. The van der Waals surface area contributed by atoms with Gasteiger partial charge in [-0.05, 0) is 6.07 Å². The zero-order valence-corrected chi connectivity index (χ0v) is 10.1. The van der Waals surface area contributed by atoms with Crippen molar-refractivity contribution in [3.63, 3.8) is 0 Å². The minimum Gasteiger partial charge on any atom is -0.433 e. The van der Waals surface area contributed by atoms with Gasteiger partial charge in [0.05, 0.1) is 0 Å². The Balaban J connectivity index is 2.25.